The zero-order chi connectivity index (χ0) is 25.2. The summed E-state index contributed by atoms with van der Waals surface area (Å²) in [5.41, 5.74) is 8.39. The highest BCUT2D eigenvalue weighted by atomic mass is 32.2. The van der Waals surface area contributed by atoms with E-state index in [1.165, 1.54) is 18.3 Å². The largest absolute Gasteiger partial charge is 0.380 e. The second-order valence-electron chi connectivity index (χ2n) is 7.85. The fraction of sp³-hybridized carbons (Fsp3) is 0.280. The predicted molar refractivity (Wildman–Crippen MR) is 139 cm³/mol. The van der Waals surface area contributed by atoms with Gasteiger partial charge in [-0.25, -0.2) is 19.1 Å². The van der Waals surface area contributed by atoms with Gasteiger partial charge in [-0.2, -0.15) is 0 Å². The van der Waals surface area contributed by atoms with Gasteiger partial charge in [0.15, 0.2) is 0 Å². The monoisotopic (exact) mass is 501 g/mol. The average Bonchev–Trinajstić information content (AvgIpc) is 2.83. The molecule has 35 heavy (non-hydrogen) atoms. The van der Waals surface area contributed by atoms with Crippen LogP contribution in [0, 0.1) is 11.6 Å². The van der Waals surface area contributed by atoms with Gasteiger partial charge in [-0.1, -0.05) is 25.8 Å². The molecule has 0 aliphatic heterocycles. The van der Waals surface area contributed by atoms with Crippen LogP contribution in [0.15, 0.2) is 54.7 Å². The van der Waals surface area contributed by atoms with E-state index in [2.05, 4.69) is 39.1 Å². The van der Waals surface area contributed by atoms with Gasteiger partial charge in [0.2, 0.25) is 0 Å². The Morgan fingerprint density at radius 2 is 1.69 bits per heavy atom. The van der Waals surface area contributed by atoms with Crippen molar-refractivity contribution >= 4 is 40.7 Å². The van der Waals surface area contributed by atoms with E-state index in [1.54, 1.807) is 18.0 Å². The molecule has 0 unspecified atom stereocenters. The maximum absolute atomic E-state index is 13.5. The highest BCUT2D eigenvalue weighted by Gasteiger charge is 2.14. The van der Waals surface area contributed by atoms with E-state index in [0.717, 1.165) is 42.8 Å². The fourth-order valence-electron chi connectivity index (χ4n) is 3.45. The van der Waals surface area contributed by atoms with Crippen LogP contribution in [0.1, 0.15) is 29.8 Å². The molecule has 3 aromatic rings. The van der Waals surface area contributed by atoms with Gasteiger partial charge in [-0.05, 0) is 55.1 Å². The third-order valence-corrected chi connectivity index (χ3v) is 6.15. The molecule has 0 saturated carbocycles. The quantitative estimate of drug-likeness (QED) is 0.201. The number of benzene rings is 2. The van der Waals surface area contributed by atoms with Gasteiger partial charge >= 0.3 is 0 Å². The van der Waals surface area contributed by atoms with Gasteiger partial charge in [0, 0.05) is 30.6 Å². The number of aromatic nitrogens is 1. The number of nitrogens with two attached hydrogens (primary N) is 1. The minimum absolute atomic E-state index is 0.116. The highest BCUT2D eigenvalue weighted by Crippen LogP contribution is 2.22. The Kier molecular flexibility index (Phi) is 9.68. The lowest BCUT2D eigenvalue weighted by atomic mass is 10.1. The van der Waals surface area contributed by atoms with Crippen LogP contribution in [0.5, 0.6) is 0 Å². The molecule has 0 aliphatic rings. The van der Waals surface area contributed by atoms with E-state index in [9.17, 15) is 13.6 Å². The van der Waals surface area contributed by atoms with E-state index in [1.807, 2.05) is 24.3 Å². The third-order valence-electron chi connectivity index (χ3n) is 5.38. The summed E-state index contributed by atoms with van der Waals surface area (Å²) in [6.07, 6.45) is 1.49. The Balaban J connectivity index is 1.61. The molecule has 0 fully saturated rings. The number of nitrogens with one attached hydrogen (secondary N) is 4. The summed E-state index contributed by atoms with van der Waals surface area (Å²) in [6.45, 7) is 7.58. The first-order chi connectivity index (χ1) is 16.9. The van der Waals surface area contributed by atoms with E-state index >= 15 is 0 Å². The number of H-pyrrole nitrogens is 1. The number of hydrogen-bond donors (Lipinski definition) is 4. The van der Waals surface area contributed by atoms with Crippen molar-refractivity contribution in [1.82, 2.24) is 4.90 Å². The molecular weight excluding hydrogens is 470 g/mol. The van der Waals surface area contributed by atoms with Crippen molar-refractivity contribution < 1.29 is 18.6 Å². The topological polar surface area (TPSA) is 96.6 Å². The summed E-state index contributed by atoms with van der Waals surface area (Å²) < 4.78 is 30.3. The number of amides is 1. The first-order valence-electron chi connectivity index (χ1n) is 11.4. The Labute approximate surface area is 208 Å². The summed E-state index contributed by atoms with van der Waals surface area (Å²) in [6, 6.07) is 12.8. The van der Waals surface area contributed by atoms with Crippen LogP contribution in [-0.2, 0) is 6.54 Å². The maximum Gasteiger partial charge on any atom is 0.279 e. The second-order valence-corrected chi connectivity index (χ2v) is 8.75. The van der Waals surface area contributed by atoms with Gasteiger partial charge in [0.05, 0.1) is 11.8 Å². The average molecular weight is 502 g/mol. The van der Waals surface area contributed by atoms with E-state index in [4.69, 9.17) is 5.73 Å². The molecule has 0 aliphatic carbocycles. The van der Waals surface area contributed by atoms with Crippen LogP contribution >= 0.6 is 11.9 Å². The zero-order valence-corrected chi connectivity index (χ0v) is 20.6. The number of nitrogens with zero attached hydrogens (tertiary/aromatic N) is 1. The summed E-state index contributed by atoms with van der Waals surface area (Å²) in [5, 5.41) is 6.28. The normalized spacial score (nSPS) is 10.9. The molecule has 1 heterocycles. The van der Waals surface area contributed by atoms with Crippen molar-refractivity contribution in [2.24, 2.45) is 5.73 Å². The fourth-order valence-corrected chi connectivity index (χ4v) is 4.20. The van der Waals surface area contributed by atoms with Crippen LogP contribution in [0.4, 0.5) is 31.7 Å². The first kappa shape index (κ1) is 26.2. The van der Waals surface area contributed by atoms with Gasteiger partial charge in [0.25, 0.3) is 11.7 Å². The number of pyridine rings is 1. The molecule has 0 spiro atoms. The molecule has 1 aromatic heterocycles. The number of hydrogen-bond acceptors (Lipinski definition) is 6. The van der Waals surface area contributed by atoms with Crippen LogP contribution in [0.25, 0.3) is 0 Å². The smallest absolute Gasteiger partial charge is 0.279 e. The van der Waals surface area contributed by atoms with Crippen molar-refractivity contribution in [3.8, 4) is 0 Å². The van der Waals surface area contributed by atoms with Gasteiger partial charge in [-0.3, -0.25) is 4.79 Å². The SMILES string of the molecule is CCN(CC)CCSNc1ccc(Nc2cc(NCc3cc(F)cc(F)c3)c(C(N)=O)c[nH+]2)cc1. The summed E-state index contributed by atoms with van der Waals surface area (Å²) in [7, 11) is 0. The summed E-state index contributed by atoms with van der Waals surface area (Å²) >= 11 is 1.67. The number of primary amides is 1. The first-order valence-corrected chi connectivity index (χ1v) is 12.4. The number of rotatable bonds is 13. The van der Waals surface area contributed by atoms with E-state index < -0.39 is 17.5 Å². The van der Waals surface area contributed by atoms with Crippen molar-refractivity contribution in [2.45, 2.75) is 20.4 Å². The van der Waals surface area contributed by atoms with E-state index in [0.29, 0.717) is 17.1 Å². The van der Waals surface area contributed by atoms with Crippen LogP contribution in [0.3, 0.4) is 0 Å². The van der Waals surface area contributed by atoms with Crippen molar-refractivity contribution in [3.63, 3.8) is 0 Å². The Bertz CT molecular complexity index is 1110. The van der Waals surface area contributed by atoms with Crippen LogP contribution in [-0.4, -0.2) is 36.2 Å². The molecular formula is C25H31F2N6OS+. The molecule has 0 radical (unpaired) electrons. The number of halogens is 2. The molecule has 6 N–H and O–H groups in total. The Morgan fingerprint density at radius 1 is 1.03 bits per heavy atom. The lowest BCUT2D eigenvalue weighted by Crippen LogP contribution is -2.25. The number of anilines is 4. The molecule has 0 bridgehead atoms. The van der Waals surface area contributed by atoms with Crippen molar-refractivity contribution in [1.29, 1.82) is 0 Å². The summed E-state index contributed by atoms with van der Waals surface area (Å²) in [5.74, 6) is -0.366. The lowest BCUT2D eigenvalue weighted by molar-refractivity contribution is -0.360. The molecule has 2 aromatic carbocycles. The van der Waals surface area contributed by atoms with Gasteiger partial charge in [-0.15, -0.1) is 0 Å². The lowest BCUT2D eigenvalue weighted by Gasteiger charge is -2.17. The second kappa shape index (κ2) is 12.9. The van der Waals surface area contributed by atoms with Gasteiger partial charge < -0.3 is 20.7 Å². The van der Waals surface area contributed by atoms with Crippen molar-refractivity contribution in [2.75, 3.05) is 40.7 Å². The number of aromatic amines is 1. The minimum atomic E-state index is -0.666. The van der Waals surface area contributed by atoms with E-state index in [-0.39, 0.29) is 12.1 Å². The Hall–Kier alpha value is -3.37. The standard InChI is InChI=1S/C25H30F2N6OS/c1-3-33(4-2)9-10-35-32-21-7-5-20(6-8-21)31-24-14-23(22(16-30-24)25(28)34)29-15-17-11-18(26)13-19(27)12-17/h5-8,11-14,16,32H,3-4,9-10,15H2,1-2H3,(H2,28,34)(H2,29,30,31)/p+1. The number of carbonyl (C=O) groups is 1. The highest BCUT2D eigenvalue weighted by molar-refractivity contribution is 8.00. The van der Waals surface area contributed by atoms with Crippen LogP contribution in [0.2, 0.25) is 0 Å². The molecule has 186 valence electrons. The minimum Gasteiger partial charge on any atom is -0.380 e. The van der Waals surface area contributed by atoms with Crippen molar-refractivity contribution in [3.05, 3.63) is 77.5 Å². The molecule has 7 nitrogen and oxygen atoms in total. The Morgan fingerprint density at radius 3 is 2.31 bits per heavy atom. The predicted octanol–water partition coefficient (Wildman–Crippen LogP) is 4.64. The van der Waals surface area contributed by atoms with Gasteiger partial charge in [0.1, 0.15) is 29.1 Å². The maximum atomic E-state index is 13.5. The van der Waals surface area contributed by atoms with Crippen LogP contribution < -0.4 is 26.1 Å². The third kappa shape index (κ3) is 8.11. The molecule has 0 atom stereocenters. The number of carbonyl (C=O) groups excluding carboxylic acids is 1. The molecule has 0 saturated heterocycles. The molecule has 10 heteroatoms. The summed E-state index contributed by atoms with van der Waals surface area (Å²) in [4.78, 5) is 17.2. The molecule has 3 rings (SSSR count). The molecule has 1 amide bonds. The zero-order valence-electron chi connectivity index (χ0n) is 19.8.